The molecule has 0 bridgehead atoms. The van der Waals surface area contributed by atoms with Gasteiger partial charge >= 0.3 is 6.03 Å². The summed E-state index contributed by atoms with van der Waals surface area (Å²) in [6.45, 7) is 11.8. The Bertz CT molecular complexity index is 1600. The summed E-state index contributed by atoms with van der Waals surface area (Å²) in [5, 5.41) is 31.9. The molecule has 3 aromatic rings. The SMILES string of the molecule is CCN(Cc1csc(C(C)C)n1)C(=O)NC(C)C(=O)N[C@@H](Cc1ccccc1)[C@H](O)CN(CC(C)C)S(=O)(=O)c1ccc(/C=N/O)cc1. The van der Waals surface area contributed by atoms with Crippen LogP contribution in [0.15, 0.2) is 70.0 Å². The van der Waals surface area contributed by atoms with Crippen LogP contribution >= 0.6 is 11.3 Å². The maximum absolute atomic E-state index is 13.8. The van der Waals surface area contributed by atoms with Gasteiger partial charge in [-0.05, 0) is 49.4 Å². The van der Waals surface area contributed by atoms with Gasteiger partial charge in [-0.3, -0.25) is 4.79 Å². The van der Waals surface area contributed by atoms with Gasteiger partial charge in [0.05, 0.1) is 40.5 Å². The van der Waals surface area contributed by atoms with Crippen LogP contribution in [0.5, 0.6) is 0 Å². The number of carbonyl (C=O) groups excluding carboxylic acids is 2. The second-order valence-electron chi connectivity index (χ2n) is 12.4. The summed E-state index contributed by atoms with van der Waals surface area (Å²) < 4.78 is 28.7. The van der Waals surface area contributed by atoms with E-state index in [1.165, 1.54) is 34.8 Å². The fourth-order valence-electron chi connectivity index (χ4n) is 4.94. The molecule has 1 heterocycles. The predicted octanol–water partition coefficient (Wildman–Crippen LogP) is 4.43. The van der Waals surface area contributed by atoms with Crippen molar-refractivity contribution in [3.8, 4) is 0 Å². The zero-order valence-corrected chi connectivity index (χ0v) is 30.0. The molecule has 0 saturated heterocycles. The Balaban J connectivity index is 1.78. The molecule has 14 heteroatoms. The van der Waals surface area contributed by atoms with Crippen molar-refractivity contribution in [1.82, 2.24) is 24.8 Å². The molecule has 4 N–H and O–H groups in total. The summed E-state index contributed by atoms with van der Waals surface area (Å²) >= 11 is 1.55. The number of oxime groups is 1. The van der Waals surface area contributed by atoms with Crippen molar-refractivity contribution in [2.45, 2.75) is 83.5 Å². The van der Waals surface area contributed by atoms with Gasteiger partial charge in [-0.25, -0.2) is 18.2 Å². The highest BCUT2D eigenvalue weighted by Gasteiger charge is 2.32. The van der Waals surface area contributed by atoms with Crippen LogP contribution < -0.4 is 10.6 Å². The first kappa shape index (κ1) is 38.6. The number of hydrogen-bond donors (Lipinski definition) is 4. The molecule has 0 spiro atoms. The Morgan fingerprint density at radius 1 is 1.00 bits per heavy atom. The highest BCUT2D eigenvalue weighted by Crippen LogP contribution is 2.21. The van der Waals surface area contributed by atoms with Gasteiger partial charge in [-0.15, -0.1) is 11.3 Å². The molecule has 0 saturated carbocycles. The predicted molar refractivity (Wildman–Crippen MR) is 188 cm³/mol. The van der Waals surface area contributed by atoms with Gasteiger partial charge in [0, 0.05) is 30.9 Å². The van der Waals surface area contributed by atoms with E-state index in [-0.39, 0.29) is 36.2 Å². The van der Waals surface area contributed by atoms with Gasteiger partial charge in [0.25, 0.3) is 0 Å². The van der Waals surface area contributed by atoms with E-state index in [1.54, 1.807) is 23.2 Å². The number of benzene rings is 2. The maximum atomic E-state index is 13.8. The van der Waals surface area contributed by atoms with E-state index >= 15 is 0 Å². The summed E-state index contributed by atoms with van der Waals surface area (Å²) in [4.78, 5) is 32.8. The smallest absolute Gasteiger partial charge is 0.318 e. The Kier molecular flexibility index (Phi) is 14.5. The molecule has 3 rings (SSSR count). The molecule has 1 aromatic heterocycles. The van der Waals surface area contributed by atoms with Crippen molar-refractivity contribution in [2.75, 3.05) is 19.6 Å². The van der Waals surface area contributed by atoms with Crippen molar-refractivity contribution < 1.29 is 28.3 Å². The van der Waals surface area contributed by atoms with Crippen LogP contribution in [0, 0.1) is 5.92 Å². The normalized spacial score (nSPS) is 14.0. The van der Waals surface area contributed by atoms with Crippen LogP contribution in [-0.4, -0.2) is 88.9 Å². The highest BCUT2D eigenvalue weighted by molar-refractivity contribution is 7.89. The lowest BCUT2D eigenvalue weighted by Crippen LogP contribution is -2.56. The number of hydrogen-bond acceptors (Lipinski definition) is 9. The quantitative estimate of drug-likeness (QED) is 0.0919. The number of aromatic nitrogens is 1. The van der Waals surface area contributed by atoms with E-state index in [9.17, 15) is 23.1 Å². The van der Waals surface area contributed by atoms with E-state index in [2.05, 4.69) is 34.6 Å². The van der Waals surface area contributed by atoms with Crippen LogP contribution in [0.2, 0.25) is 0 Å². The number of nitrogens with zero attached hydrogens (tertiary/aromatic N) is 4. The molecule has 0 radical (unpaired) electrons. The fraction of sp³-hybridized carbons (Fsp3) is 0.471. The third kappa shape index (κ3) is 11.1. The average Bonchev–Trinajstić information content (AvgIpc) is 3.52. The number of nitrogens with one attached hydrogen (secondary N) is 2. The lowest BCUT2D eigenvalue weighted by Gasteiger charge is -2.31. The van der Waals surface area contributed by atoms with E-state index in [4.69, 9.17) is 5.21 Å². The second-order valence-corrected chi connectivity index (χ2v) is 15.2. The number of amides is 3. The summed E-state index contributed by atoms with van der Waals surface area (Å²) in [6.07, 6.45) is 0.121. The average molecular weight is 701 g/mol. The molecule has 3 amide bonds. The van der Waals surface area contributed by atoms with Crippen LogP contribution in [-0.2, 0) is 27.8 Å². The van der Waals surface area contributed by atoms with E-state index in [0.29, 0.717) is 18.7 Å². The minimum atomic E-state index is -4.04. The van der Waals surface area contributed by atoms with Gasteiger partial charge in [0.2, 0.25) is 15.9 Å². The van der Waals surface area contributed by atoms with Crippen molar-refractivity contribution in [2.24, 2.45) is 11.1 Å². The fourth-order valence-corrected chi connectivity index (χ4v) is 7.39. The van der Waals surface area contributed by atoms with E-state index in [1.807, 2.05) is 56.5 Å². The van der Waals surface area contributed by atoms with Crippen molar-refractivity contribution >= 4 is 39.5 Å². The number of aliphatic hydroxyl groups excluding tert-OH is 1. The Morgan fingerprint density at radius 2 is 1.67 bits per heavy atom. The van der Waals surface area contributed by atoms with E-state index in [0.717, 1.165) is 16.3 Å². The molecule has 3 atom stereocenters. The lowest BCUT2D eigenvalue weighted by molar-refractivity contribution is -0.124. The molecule has 262 valence electrons. The number of sulfonamides is 1. The van der Waals surface area contributed by atoms with Gasteiger partial charge in [-0.2, -0.15) is 4.31 Å². The minimum absolute atomic E-state index is 0.0176. The van der Waals surface area contributed by atoms with Crippen LogP contribution in [0.1, 0.15) is 69.3 Å². The Labute approximate surface area is 287 Å². The first-order valence-corrected chi connectivity index (χ1v) is 18.4. The van der Waals surface area contributed by atoms with E-state index < -0.39 is 40.1 Å². The minimum Gasteiger partial charge on any atom is -0.411 e. The molecular formula is C34H48N6O6S2. The zero-order chi connectivity index (χ0) is 35.4. The first-order chi connectivity index (χ1) is 22.7. The first-order valence-electron chi connectivity index (χ1n) is 16.0. The van der Waals surface area contributed by atoms with Crippen LogP contribution in [0.3, 0.4) is 0 Å². The molecule has 0 aliphatic carbocycles. The van der Waals surface area contributed by atoms with Gasteiger partial charge < -0.3 is 25.8 Å². The Morgan fingerprint density at radius 3 is 2.23 bits per heavy atom. The lowest BCUT2D eigenvalue weighted by atomic mass is 10.0. The standard InChI is InChI=1S/C34H48N6O6S2/c1-7-39(20-28-22-47-33(37-28)24(4)5)34(43)36-25(6)32(42)38-30(17-26-11-9-8-10-12-26)31(41)21-40(19-23(2)3)48(45,46)29-15-13-27(14-16-29)18-35-44/h8-16,18,22-25,30-31,41,44H,7,17,19-21H2,1-6H3,(H,36,43)(H,38,42)/b35-18+/t25?,30-,31+/m0/s1. The van der Waals surface area contributed by atoms with Gasteiger partial charge in [0.15, 0.2) is 0 Å². The molecule has 12 nitrogen and oxygen atoms in total. The number of thiazole rings is 1. The number of rotatable bonds is 17. The monoisotopic (exact) mass is 700 g/mol. The molecule has 0 aliphatic rings. The van der Waals surface area contributed by atoms with Crippen molar-refractivity contribution in [3.05, 3.63) is 81.8 Å². The third-order valence-electron chi connectivity index (χ3n) is 7.59. The second kappa shape index (κ2) is 18.1. The summed E-state index contributed by atoms with van der Waals surface area (Å²) in [7, 11) is -4.04. The molecule has 1 unspecified atom stereocenters. The summed E-state index contributed by atoms with van der Waals surface area (Å²) in [5.41, 5.74) is 2.13. The molecular weight excluding hydrogens is 653 g/mol. The number of aliphatic hydroxyl groups is 1. The van der Waals surface area contributed by atoms with Crippen LogP contribution in [0.25, 0.3) is 0 Å². The van der Waals surface area contributed by atoms with Gasteiger partial charge in [-0.1, -0.05) is 75.3 Å². The highest BCUT2D eigenvalue weighted by atomic mass is 32.2. The molecule has 48 heavy (non-hydrogen) atoms. The molecule has 0 aliphatic heterocycles. The largest absolute Gasteiger partial charge is 0.411 e. The third-order valence-corrected chi connectivity index (χ3v) is 10.6. The number of urea groups is 1. The molecule has 2 aromatic carbocycles. The topological polar surface area (TPSA) is 165 Å². The zero-order valence-electron chi connectivity index (χ0n) is 28.4. The molecule has 0 fully saturated rings. The van der Waals surface area contributed by atoms with Crippen molar-refractivity contribution in [3.63, 3.8) is 0 Å². The maximum Gasteiger partial charge on any atom is 0.318 e. The Hall–Kier alpha value is -3.85. The van der Waals surface area contributed by atoms with Gasteiger partial charge in [0.1, 0.15) is 6.04 Å². The van der Waals surface area contributed by atoms with Crippen LogP contribution in [0.4, 0.5) is 4.79 Å². The summed E-state index contributed by atoms with van der Waals surface area (Å²) in [6, 6.07) is 12.9. The number of carbonyl (C=O) groups is 2. The van der Waals surface area contributed by atoms with Crippen molar-refractivity contribution in [1.29, 1.82) is 0 Å². The summed E-state index contributed by atoms with van der Waals surface area (Å²) in [5.74, 6) is -0.296.